The Labute approximate surface area is 112 Å². The van der Waals surface area contributed by atoms with Crippen LogP contribution in [0.5, 0.6) is 0 Å². The summed E-state index contributed by atoms with van der Waals surface area (Å²) in [5.74, 6) is -1.93. The zero-order chi connectivity index (χ0) is 14.7. The van der Waals surface area contributed by atoms with Crippen molar-refractivity contribution < 1.29 is 18.5 Å². The van der Waals surface area contributed by atoms with Crippen molar-refractivity contribution in [3.63, 3.8) is 0 Å². The van der Waals surface area contributed by atoms with Gasteiger partial charge in [-0.3, -0.25) is 14.9 Å². The predicted octanol–water partition coefficient (Wildman–Crippen LogP) is 3.13. The van der Waals surface area contributed by atoms with Gasteiger partial charge in [-0.1, -0.05) is 0 Å². The molecule has 0 aliphatic carbocycles. The maximum absolute atomic E-state index is 13.1. The van der Waals surface area contributed by atoms with Crippen molar-refractivity contribution in [1.82, 2.24) is 0 Å². The highest BCUT2D eigenvalue weighted by atomic mass is 19.1. The Balaban J connectivity index is 2.29. The second-order valence-electron chi connectivity index (χ2n) is 3.88. The molecule has 7 heteroatoms. The van der Waals surface area contributed by atoms with E-state index in [2.05, 4.69) is 5.32 Å². The molecule has 0 radical (unpaired) electrons. The minimum absolute atomic E-state index is 0.102. The number of nitro benzene ring substituents is 1. The van der Waals surface area contributed by atoms with Gasteiger partial charge in [-0.25, -0.2) is 8.78 Å². The molecule has 0 heterocycles. The number of anilines is 1. The van der Waals surface area contributed by atoms with E-state index in [0.29, 0.717) is 0 Å². The highest BCUT2D eigenvalue weighted by Gasteiger charge is 2.17. The zero-order valence-corrected chi connectivity index (χ0v) is 9.97. The largest absolute Gasteiger partial charge is 0.316 e. The number of hydrogen-bond acceptors (Lipinski definition) is 3. The van der Waals surface area contributed by atoms with Crippen molar-refractivity contribution in [3.8, 4) is 0 Å². The molecule has 2 rings (SSSR count). The summed E-state index contributed by atoms with van der Waals surface area (Å²) in [7, 11) is 0. The van der Waals surface area contributed by atoms with Crippen molar-refractivity contribution in [2.45, 2.75) is 0 Å². The van der Waals surface area contributed by atoms with Gasteiger partial charge in [0.1, 0.15) is 17.3 Å². The second-order valence-corrected chi connectivity index (χ2v) is 3.88. The van der Waals surface area contributed by atoms with Crippen LogP contribution in [-0.4, -0.2) is 10.8 Å². The van der Waals surface area contributed by atoms with Gasteiger partial charge in [-0.2, -0.15) is 0 Å². The molecule has 0 atom stereocenters. The van der Waals surface area contributed by atoms with Gasteiger partial charge in [-0.15, -0.1) is 0 Å². The maximum atomic E-state index is 13.1. The average Bonchev–Trinajstić information content (AvgIpc) is 2.39. The summed E-state index contributed by atoms with van der Waals surface area (Å²) < 4.78 is 25.8. The number of nitrogens with one attached hydrogen (secondary N) is 1. The van der Waals surface area contributed by atoms with Gasteiger partial charge in [0.05, 0.1) is 4.92 Å². The quantitative estimate of drug-likeness (QED) is 0.692. The first-order valence-corrected chi connectivity index (χ1v) is 5.48. The van der Waals surface area contributed by atoms with Gasteiger partial charge < -0.3 is 5.32 Å². The highest BCUT2D eigenvalue weighted by Crippen LogP contribution is 2.25. The predicted molar refractivity (Wildman–Crippen MR) is 67.4 cm³/mol. The molecule has 0 unspecified atom stereocenters. The van der Waals surface area contributed by atoms with Crippen molar-refractivity contribution in [2.75, 3.05) is 5.32 Å². The van der Waals surface area contributed by atoms with E-state index in [1.807, 2.05) is 0 Å². The second kappa shape index (κ2) is 5.43. The lowest BCUT2D eigenvalue weighted by Gasteiger charge is -2.06. The molecule has 20 heavy (non-hydrogen) atoms. The molecule has 2 aromatic carbocycles. The first-order chi connectivity index (χ1) is 9.47. The third-order valence-corrected chi connectivity index (χ3v) is 2.51. The molecule has 2 aromatic rings. The minimum Gasteiger partial charge on any atom is -0.316 e. The van der Waals surface area contributed by atoms with Crippen LogP contribution in [0.3, 0.4) is 0 Å². The summed E-state index contributed by atoms with van der Waals surface area (Å²) in [5.41, 5.74) is -0.587. The van der Waals surface area contributed by atoms with Crippen LogP contribution in [0.4, 0.5) is 20.2 Å². The van der Waals surface area contributed by atoms with E-state index >= 15 is 0 Å². The minimum atomic E-state index is -0.736. The SMILES string of the molecule is O=C(Nc1cc(F)ccc1[N+](=O)[O-])c1ccc(F)cc1. The number of amides is 1. The molecule has 0 fully saturated rings. The fourth-order valence-electron chi connectivity index (χ4n) is 1.56. The van der Waals surface area contributed by atoms with Crippen molar-refractivity contribution in [3.05, 3.63) is 69.8 Å². The van der Waals surface area contributed by atoms with Gasteiger partial charge in [0.25, 0.3) is 11.6 Å². The van der Waals surface area contributed by atoms with E-state index in [0.717, 1.165) is 30.3 Å². The summed E-state index contributed by atoms with van der Waals surface area (Å²) in [6.45, 7) is 0. The molecule has 1 amide bonds. The van der Waals surface area contributed by atoms with Crippen LogP contribution in [0.15, 0.2) is 42.5 Å². The lowest BCUT2D eigenvalue weighted by atomic mass is 10.2. The third kappa shape index (κ3) is 2.94. The van der Waals surface area contributed by atoms with E-state index in [4.69, 9.17) is 0 Å². The van der Waals surface area contributed by atoms with Crippen molar-refractivity contribution >= 4 is 17.3 Å². The molecule has 102 valence electrons. The van der Waals surface area contributed by atoms with Crippen molar-refractivity contribution in [1.29, 1.82) is 0 Å². The molecule has 0 aliphatic rings. The lowest BCUT2D eigenvalue weighted by molar-refractivity contribution is -0.384. The number of nitrogens with zero attached hydrogens (tertiary/aromatic N) is 1. The molecule has 1 N–H and O–H groups in total. The molecule has 0 spiro atoms. The summed E-state index contributed by atoms with van der Waals surface area (Å²) in [5, 5.41) is 13.0. The van der Waals surface area contributed by atoms with E-state index in [-0.39, 0.29) is 11.3 Å². The Bertz CT molecular complexity index is 672. The summed E-state index contributed by atoms with van der Waals surface area (Å²) in [6.07, 6.45) is 0. The third-order valence-electron chi connectivity index (χ3n) is 2.51. The fourth-order valence-corrected chi connectivity index (χ4v) is 1.56. The molecule has 0 saturated heterocycles. The number of hydrogen-bond donors (Lipinski definition) is 1. The van der Waals surface area contributed by atoms with Crippen LogP contribution in [-0.2, 0) is 0 Å². The Kier molecular flexibility index (Phi) is 3.69. The van der Waals surface area contributed by atoms with E-state index in [1.165, 1.54) is 12.1 Å². The summed E-state index contributed by atoms with van der Waals surface area (Å²) >= 11 is 0. The normalized spacial score (nSPS) is 10.1. The number of rotatable bonds is 3. The van der Waals surface area contributed by atoms with E-state index < -0.39 is 28.2 Å². The molecule has 0 saturated carbocycles. The van der Waals surface area contributed by atoms with Gasteiger partial charge in [0.2, 0.25) is 0 Å². The highest BCUT2D eigenvalue weighted by molar-refractivity contribution is 6.05. The van der Waals surface area contributed by atoms with Gasteiger partial charge in [0.15, 0.2) is 0 Å². The molecular weight excluding hydrogens is 270 g/mol. The number of halogens is 2. The smallest absolute Gasteiger partial charge is 0.292 e. The lowest BCUT2D eigenvalue weighted by Crippen LogP contribution is -2.13. The van der Waals surface area contributed by atoms with Crippen LogP contribution in [0.1, 0.15) is 10.4 Å². The molecule has 0 aliphatic heterocycles. The van der Waals surface area contributed by atoms with E-state index in [9.17, 15) is 23.7 Å². The number of nitro groups is 1. The number of carbonyl (C=O) groups excluding carboxylic acids is 1. The first kappa shape index (κ1) is 13.6. The van der Waals surface area contributed by atoms with E-state index in [1.54, 1.807) is 0 Å². The molecule has 0 bridgehead atoms. The number of carbonyl (C=O) groups is 1. The Morgan fingerprint density at radius 3 is 2.25 bits per heavy atom. The first-order valence-electron chi connectivity index (χ1n) is 5.48. The Morgan fingerprint density at radius 2 is 1.65 bits per heavy atom. The van der Waals surface area contributed by atoms with Crippen LogP contribution < -0.4 is 5.32 Å². The Hall–Kier alpha value is -2.83. The summed E-state index contributed by atoms with van der Waals surface area (Å²) in [6, 6.07) is 7.32. The molecule has 0 aromatic heterocycles. The zero-order valence-electron chi connectivity index (χ0n) is 9.97. The number of benzene rings is 2. The van der Waals surface area contributed by atoms with Crippen LogP contribution in [0.25, 0.3) is 0 Å². The van der Waals surface area contributed by atoms with Crippen LogP contribution >= 0.6 is 0 Å². The standard InChI is InChI=1S/C13H8F2N2O3/c14-9-3-1-8(2-4-9)13(18)16-11-7-10(15)5-6-12(11)17(19)20/h1-7H,(H,16,18). The molecule has 5 nitrogen and oxygen atoms in total. The fraction of sp³-hybridized carbons (Fsp3) is 0. The molecular formula is C13H8F2N2O3. The van der Waals surface area contributed by atoms with Gasteiger partial charge in [-0.05, 0) is 30.3 Å². The van der Waals surface area contributed by atoms with Gasteiger partial charge in [0, 0.05) is 17.7 Å². The average molecular weight is 278 g/mol. The van der Waals surface area contributed by atoms with Gasteiger partial charge >= 0.3 is 0 Å². The Morgan fingerprint density at radius 1 is 1.05 bits per heavy atom. The van der Waals surface area contributed by atoms with Crippen LogP contribution in [0.2, 0.25) is 0 Å². The topological polar surface area (TPSA) is 72.2 Å². The van der Waals surface area contributed by atoms with Crippen LogP contribution in [0, 0.1) is 21.7 Å². The monoisotopic (exact) mass is 278 g/mol. The maximum Gasteiger partial charge on any atom is 0.292 e. The summed E-state index contributed by atoms with van der Waals surface area (Å²) in [4.78, 5) is 21.9. The van der Waals surface area contributed by atoms with Crippen molar-refractivity contribution in [2.24, 2.45) is 0 Å².